The molecule has 1 saturated heterocycles. The van der Waals surface area contributed by atoms with Crippen LogP contribution in [0.25, 0.3) is 0 Å². The molecule has 3 heteroatoms. The number of anilines is 1. The lowest BCUT2D eigenvalue weighted by molar-refractivity contribution is 0.331. The van der Waals surface area contributed by atoms with E-state index < -0.39 is 0 Å². The largest absolute Gasteiger partial charge is 0.372 e. The summed E-state index contributed by atoms with van der Waals surface area (Å²) >= 11 is 0. The third kappa shape index (κ3) is 5.33. The summed E-state index contributed by atoms with van der Waals surface area (Å²) in [5.74, 6) is 0. The first-order chi connectivity index (χ1) is 10.3. The van der Waals surface area contributed by atoms with Crippen LogP contribution in [0.15, 0.2) is 24.3 Å². The van der Waals surface area contributed by atoms with Crippen molar-refractivity contribution in [2.24, 2.45) is 0 Å². The first kappa shape index (κ1) is 16.3. The summed E-state index contributed by atoms with van der Waals surface area (Å²) in [6, 6.07) is 8.99. The highest BCUT2D eigenvalue weighted by atomic mass is 15.1. The molecule has 1 N–H and O–H groups in total. The summed E-state index contributed by atoms with van der Waals surface area (Å²) in [5, 5.41) is 3.56. The number of likely N-dealkylation sites (tertiary alicyclic amines) is 1. The molecule has 2 rings (SSSR count). The van der Waals surface area contributed by atoms with Crippen molar-refractivity contribution in [1.29, 1.82) is 0 Å². The number of rotatable bonds is 9. The van der Waals surface area contributed by atoms with E-state index in [2.05, 4.69) is 53.2 Å². The maximum atomic E-state index is 3.56. The zero-order valence-corrected chi connectivity index (χ0v) is 13.8. The van der Waals surface area contributed by atoms with Gasteiger partial charge in [-0.05, 0) is 77.0 Å². The van der Waals surface area contributed by atoms with Crippen molar-refractivity contribution in [3.05, 3.63) is 29.8 Å². The van der Waals surface area contributed by atoms with Crippen LogP contribution in [0.2, 0.25) is 0 Å². The summed E-state index contributed by atoms with van der Waals surface area (Å²) in [7, 11) is 0. The monoisotopic (exact) mass is 289 g/mol. The zero-order valence-electron chi connectivity index (χ0n) is 13.8. The molecule has 1 aromatic rings. The van der Waals surface area contributed by atoms with Gasteiger partial charge in [0.25, 0.3) is 0 Å². The Labute approximate surface area is 130 Å². The highest BCUT2D eigenvalue weighted by Crippen LogP contribution is 2.14. The molecule has 0 unspecified atom stereocenters. The van der Waals surface area contributed by atoms with Gasteiger partial charge in [-0.15, -0.1) is 0 Å². The number of hydrogen-bond acceptors (Lipinski definition) is 3. The van der Waals surface area contributed by atoms with Gasteiger partial charge in [0, 0.05) is 25.3 Å². The molecule has 21 heavy (non-hydrogen) atoms. The SMILES string of the molecule is CCN(CC)c1ccc(CNCCCN2CCCC2)cc1. The van der Waals surface area contributed by atoms with Crippen molar-refractivity contribution in [2.75, 3.05) is 44.2 Å². The van der Waals surface area contributed by atoms with Crippen LogP contribution in [0.3, 0.4) is 0 Å². The maximum absolute atomic E-state index is 3.56. The van der Waals surface area contributed by atoms with Gasteiger partial charge in [-0.2, -0.15) is 0 Å². The summed E-state index contributed by atoms with van der Waals surface area (Å²) in [6.07, 6.45) is 4.05. The first-order valence-electron chi connectivity index (χ1n) is 8.60. The number of hydrogen-bond donors (Lipinski definition) is 1. The second-order valence-corrected chi connectivity index (χ2v) is 5.92. The third-order valence-corrected chi connectivity index (χ3v) is 4.42. The molecule has 118 valence electrons. The zero-order chi connectivity index (χ0) is 14.9. The maximum Gasteiger partial charge on any atom is 0.0366 e. The van der Waals surface area contributed by atoms with E-state index in [4.69, 9.17) is 0 Å². The molecule has 3 nitrogen and oxygen atoms in total. The molecule has 0 radical (unpaired) electrons. The number of nitrogens with zero attached hydrogens (tertiary/aromatic N) is 2. The molecular weight excluding hydrogens is 258 g/mol. The Morgan fingerprint density at radius 1 is 1.05 bits per heavy atom. The highest BCUT2D eigenvalue weighted by molar-refractivity contribution is 5.47. The average molecular weight is 289 g/mol. The molecule has 0 amide bonds. The van der Waals surface area contributed by atoms with Crippen LogP contribution in [0.5, 0.6) is 0 Å². The standard InChI is InChI=1S/C18H31N3/c1-3-21(4-2)18-10-8-17(9-11-18)16-19-12-7-15-20-13-5-6-14-20/h8-11,19H,3-7,12-16H2,1-2H3. The third-order valence-electron chi connectivity index (χ3n) is 4.42. The van der Waals surface area contributed by atoms with Crippen molar-refractivity contribution in [3.8, 4) is 0 Å². The van der Waals surface area contributed by atoms with Gasteiger partial charge in [0.15, 0.2) is 0 Å². The van der Waals surface area contributed by atoms with E-state index in [0.29, 0.717) is 0 Å². The summed E-state index contributed by atoms with van der Waals surface area (Å²) < 4.78 is 0. The van der Waals surface area contributed by atoms with Gasteiger partial charge >= 0.3 is 0 Å². The van der Waals surface area contributed by atoms with Crippen molar-refractivity contribution in [2.45, 2.75) is 39.7 Å². The molecular formula is C18H31N3. The van der Waals surface area contributed by atoms with E-state index in [0.717, 1.165) is 26.2 Å². The van der Waals surface area contributed by atoms with Crippen molar-refractivity contribution in [3.63, 3.8) is 0 Å². The van der Waals surface area contributed by atoms with Crippen molar-refractivity contribution >= 4 is 5.69 Å². The molecule has 0 bridgehead atoms. The van der Waals surface area contributed by atoms with E-state index in [1.807, 2.05) is 0 Å². The van der Waals surface area contributed by atoms with Gasteiger partial charge in [0.2, 0.25) is 0 Å². The first-order valence-corrected chi connectivity index (χ1v) is 8.60. The quantitative estimate of drug-likeness (QED) is 0.705. The normalized spacial score (nSPS) is 15.5. The van der Waals surface area contributed by atoms with E-state index in [9.17, 15) is 0 Å². The van der Waals surface area contributed by atoms with Crippen molar-refractivity contribution < 1.29 is 0 Å². The Bertz CT molecular complexity index is 378. The molecule has 1 aliphatic heterocycles. The van der Waals surface area contributed by atoms with Crippen LogP contribution in [-0.2, 0) is 6.54 Å². The summed E-state index contributed by atoms with van der Waals surface area (Å²) in [5.41, 5.74) is 2.71. The molecule has 0 atom stereocenters. The minimum absolute atomic E-state index is 0.985. The lowest BCUT2D eigenvalue weighted by Crippen LogP contribution is -2.24. The van der Waals surface area contributed by atoms with E-state index in [1.165, 1.54) is 50.1 Å². The van der Waals surface area contributed by atoms with Gasteiger partial charge in [-0.3, -0.25) is 0 Å². The smallest absolute Gasteiger partial charge is 0.0366 e. The molecule has 1 aromatic carbocycles. The fourth-order valence-electron chi connectivity index (χ4n) is 3.08. The topological polar surface area (TPSA) is 18.5 Å². The van der Waals surface area contributed by atoms with Crippen LogP contribution in [0.4, 0.5) is 5.69 Å². The summed E-state index contributed by atoms with van der Waals surface area (Å²) in [4.78, 5) is 4.97. The fraction of sp³-hybridized carbons (Fsp3) is 0.667. The van der Waals surface area contributed by atoms with Crippen LogP contribution in [-0.4, -0.2) is 44.2 Å². The average Bonchev–Trinajstić information content (AvgIpc) is 3.03. The lowest BCUT2D eigenvalue weighted by Gasteiger charge is -2.21. The Morgan fingerprint density at radius 3 is 2.33 bits per heavy atom. The Morgan fingerprint density at radius 2 is 1.71 bits per heavy atom. The number of benzene rings is 1. The van der Waals surface area contributed by atoms with Gasteiger partial charge in [0.05, 0.1) is 0 Å². The molecule has 1 heterocycles. The second-order valence-electron chi connectivity index (χ2n) is 5.92. The van der Waals surface area contributed by atoms with Gasteiger partial charge in [-0.25, -0.2) is 0 Å². The van der Waals surface area contributed by atoms with Gasteiger partial charge in [-0.1, -0.05) is 12.1 Å². The van der Waals surface area contributed by atoms with Crippen LogP contribution >= 0.6 is 0 Å². The van der Waals surface area contributed by atoms with E-state index >= 15 is 0 Å². The summed E-state index contributed by atoms with van der Waals surface area (Å²) in [6.45, 7) is 12.5. The highest BCUT2D eigenvalue weighted by Gasteiger charge is 2.09. The number of nitrogens with one attached hydrogen (secondary N) is 1. The van der Waals surface area contributed by atoms with Gasteiger partial charge < -0.3 is 15.1 Å². The molecule has 1 fully saturated rings. The van der Waals surface area contributed by atoms with Crippen LogP contribution in [0.1, 0.15) is 38.7 Å². The minimum Gasteiger partial charge on any atom is -0.372 e. The Kier molecular flexibility index (Phi) is 7.04. The Balaban J connectivity index is 1.64. The minimum atomic E-state index is 0.985. The molecule has 0 aromatic heterocycles. The van der Waals surface area contributed by atoms with E-state index in [-0.39, 0.29) is 0 Å². The predicted octanol–water partition coefficient (Wildman–Crippen LogP) is 3.11. The van der Waals surface area contributed by atoms with E-state index in [1.54, 1.807) is 0 Å². The molecule has 0 aliphatic carbocycles. The van der Waals surface area contributed by atoms with Gasteiger partial charge in [0.1, 0.15) is 0 Å². The molecule has 1 aliphatic rings. The van der Waals surface area contributed by atoms with Crippen molar-refractivity contribution in [1.82, 2.24) is 10.2 Å². The lowest BCUT2D eigenvalue weighted by atomic mass is 10.2. The predicted molar refractivity (Wildman–Crippen MR) is 92.0 cm³/mol. The molecule has 0 spiro atoms. The second kappa shape index (κ2) is 9.06. The van der Waals surface area contributed by atoms with Crippen LogP contribution in [0, 0.1) is 0 Å². The van der Waals surface area contributed by atoms with Crippen LogP contribution < -0.4 is 10.2 Å². The fourth-order valence-corrected chi connectivity index (χ4v) is 3.08. The Hall–Kier alpha value is -1.06. The molecule has 0 saturated carbocycles.